The van der Waals surface area contributed by atoms with Gasteiger partial charge in [0.05, 0.1) is 6.61 Å². The van der Waals surface area contributed by atoms with Crippen molar-refractivity contribution in [3.8, 4) is 0 Å². The van der Waals surface area contributed by atoms with Gasteiger partial charge in [-0.25, -0.2) is 4.79 Å². The topological polar surface area (TPSA) is 43.4 Å². The van der Waals surface area contributed by atoms with Crippen LogP contribution in [0.1, 0.15) is 26.2 Å². The van der Waals surface area contributed by atoms with Gasteiger partial charge in [0, 0.05) is 17.9 Å². The highest BCUT2D eigenvalue weighted by Gasteiger charge is 2.37. The molecule has 1 saturated carbocycles. The summed E-state index contributed by atoms with van der Waals surface area (Å²) in [4.78, 5) is 22.9. The maximum atomic E-state index is 11.5. The Bertz CT molecular complexity index is 304. The van der Waals surface area contributed by atoms with Crippen molar-refractivity contribution in [3.63, 3.8) is 0 Å². The molecular formula is C11H14O3. The van der Waals surface area contributed by atoms with E-state index in [0.29, 0.717) is 13.0 Å². The van der Waals surface area contributed by atoms with Crippen LogP contribution < -0.4 is 0 Å². The lowest BCUT2D eigenvalue weighted by atomic mass is 9.71. The molecule has 0 unspecified atom stereocenters. The predicted octanol–water partition coefficient (Wildman–Crippen LogP) is 1.47. The molecule has 0 spiro atoms. The van der Waals surface area contributed by atoms with Crippen molar-refractivity contribution in [2.24, 2.45) is 11.8 Å². The number of ether oxygens (including phenoxy) is 1. The first-order valence-corrected chi connectivity index (χ1v) is 5.14. The molecule has 0 aromatic carbocycles. The number of carbonyl (C=O) groups is 2. The van der Waals surface area contributed by atoms with Crippen LogP contribution >= 0.6 is 0 Å². The van der Waals surface area contributed by atoms with E-state index in [9.17, 15) is 9.59 Å². The Morgan fingerprint density at radius 3 is 2.86 bits per heavy atom. The Kier molecular flexibility index (Phi) is 2.40. The van der Waals surface area contributed by atoms with E-state index in [0.717, 1.165) is 18.4 Å². The predicted molar refractivity (Wildman–Crippen MR) is 50.6 cm³/mol. The molecule has 1 fully saturated rings. The molecule has 2 bridgehead atoms. The molecular weight excluding hydrogens is 180 g/mol. The van der Waals surface area contributed by atoms with E-state index < -0.39 is 0 Å². The highest BCUT2D eigenvalue weighted by atomic mass is 16.5. The minimum Gasteiger partial charge on any atom is -0.463 e. The molecule has 0 aromatic rings. The standard InChI is InChI=1S/C11H14O3/c1-2-14-11(13)9-5-8-4-3-7(9)6-10(8)12/h5,7-8H,2-4,6H2,1H3/t7-,8-/m1/s1. The first-order chi connectivity index (χ1) is 6.72. The van der Waals surface area contributed by atoms with E-state index in [1.54, 1.807) is 6.92 Å². The fourth-order valence-corrected chi connectivity index (χ4v) is 2.28. The first kappa shape index (κ1) is 9.44. The van der Waals surface area contributed by atoms with Crippen LogP contribution in [0.4, 0.5) is 0 Å². The van der Waals surface area contributed by atoms with Gasteiger partial charge in [-0.1, -0.05) is 6.08 Å². The van der Waals surface area contributed by atoms with Crippen LogP contribution in [0.3, 0.4) is 0 Å². The summed E-state index contributed by atoms with van der Waals surface area (Å²) in [6.45, 7) is 2.20. The van der Waals surface area contributed by atoms with Gasteiger partial charge >= 0.3 is 5.97 Å². The number of fused-ring (bicyclic) bond motifs is 2. The molecule has 3 nitrogen and oxygen atoms in total. The van der Waals surface area contributed by atoms with E-state index in [-0.39, 0.29) is 23.6 Å². The van der Waals surface area contributed by atoms with Gasteiger partial charge in [0.15, 0.2) is 0 Å². The summed E-state index contributed by atoms with van der Waals surface area (Å²) >= 11 is 0. The zero-order valence-electron chi connectivity index (χ0n) is 8.29. The number of allylic oxidation sites excluding steroid dienone is 1. The summed E-state index contributed by atoms with van der Waals surface area (Å²) in [6.07, 6.45) is 4.22. The van der Waals surface area contributed by atoms with Gasteiger partial charge < -0.3 is 4.74 Å². The van der Waals surface area contributed by atoms with Crippen LogP contribution in [-0.4, -0.2) is 18.4 Å². The summed E-state index contributed by atoms with van der Waals surface area (Å²) in [6, 6.07) is 0. The Hall–Kier alpha value is -1.12. The van der Waals surface area contributed by atoms with Gasteiger partial charge in [0.1, 0.15) is 5.78 Å². The maximum Gasteiger partial charge on any atom is 0.333 e. The van der Waals surface area contributed by atoms with E-state index in [1.807, 2.05) is 6.08 Å². The number of esters is 1. The van der Waals surface area contributed by atoms with Gasteiger partial charge in [-0.15, -0.1) is 0 Å². The third kappa shape index (κ3) is 1.47. The molecule has 3 heteroatoms. The molecule has 3 aliphatic rings. The van der Waals surface area contributed by atoms with Crippen LogP contribution in [0.2, 0.25) is 0 Å². The van der Waals surface area contributed by atoms with Gasteiger partial charge in [-0.05, 0) is 25.7 Å². The number of carbonyl (C=O) groups excluding carboxylic acids is 2. The van der Waals surface area contributed by atoms with Gasteiger partial charge in [-0.2, -0.15) is 0 Å². The zero-order valence-corrected chi connectivity index (χ0v) is 8.29. The second kappa shape index (κ2) is 3.56. The van der Waals surface area contributed by atoms with Crippen molar-refractivity contribution < 1.29 is 14.3 Å². The molecule has 0 saturated heterocycles. The normalized spacial score (nSPS) is 30.1. The SMILES string of the molecule is CCOC(=O)C1=C[C@H]2CC[C@@H]1CC2=O. The zero-order chi connectivity index (χ0) is 10.1. The molecule has 0 radical (unpaired) electrons. The Labute approximate surface area is 83.1 Å². The van der Waals surface area contributed by atoms with Crippen molar-refractivity contribution in [1.29, 1.82) is 0 Å². The number of rotatable bonds is 2. The van der Waals surface area contributed by atoms with Crippen LogP contribution in [0.25, 0.3) is 0 Å². The molecule has 0 amide bonds. The minimum absolute atomic E-state index is 0.0144. The van der Waals surface area contributed by atoms with Crippen molar-refractivity contribution in [2.45, 2.75) is 26.2 Å². The Morgan fingerprint density at radius 1 is 1.57 bits per heavy atom. The minimum atomic E-state index is -0.227. The van der Waals surface area contributed by atoms with Gasteiger partial charge in [0.25, 0.3) is 0 Å². The van der Waals surface area contributed by atoms with Crippen molar-refractivity contribution in [2.75, 3.05) is 6.61 Å². The van der Waals surface area contributed by atoms with E-state index >= 15 is 0 Å². The lowest BCUT2D eigenvalue weighted by Crippen LogP contribution is -2.33. The largest absolute Gasteiger partial charge is 0.463 e. The van der Waals surface area contributed by atoms with Crippen LogP contribution in [0, 0.1) is 11.8 Å². The number of Topliss-reactive ketones (excluding diaryl/α,β-unsaturated/α-hetero) is 1. The van der Waals surface area contributed by atoms with Crippen LogP contribution in [0.15, 0.2) is 11.6 Å². The molecule has 3 rings (SSSR count). The fraction of sp³-hybridized carbons (Fsp3) is 0.636. The lowest BCUT2D eigenvalue weighted by molar-refractivity contribution is -0.140. The molecule has 14 heavy (non-hydrogen) atoms. The second-order valence-electron chi connectivity index (χ2n) is 3.89. The summed E-state index contributed by atoms with van der Waals surface area (Å²) in [7, 11) is 0. The number of ketones is 1. The lowest BCUT2D eigenvalue weighted by Gasteiger charge is -2.32. The third-order valence-corrected chi connectivity index (χ3v) is 3.02. The monoisotopic (exact) mass is 194 g/mol. The Balaban J connectivity index is 2.17. The van der Waals surface area contributed by atoms with Gasteiger partial charge in [-0.3, -0.25) is 4.79 Å². The molecule has 3 aliphatic carbocycles. The first-order valence-electron chi connectivity index (χ1n) is 5.14. The molecule has 0 aromatic heterocycles. The molecule has 0 heterocycles. The van der Waals surface area contributed by atoms with E-state index in [4.69, 9.17) is 4.74 Å². The van der Waals surface area contributed by atoms with Crippen molar-refractivity contribution >= 4 is 11.8 Å². The van der Waals surface area contributed by atoms with Crippen molar-refractivity contribution in [1.82, 2.24) is 0 Å². The molecule has 2 atom stereocenters. The Morgan fingerprint density at radius 2 is 2.36 bits per heavy atom. The summed E-state index contributed by atoms with van der Waals surface area (Å²) in [5.74, 6) is 0.176. The average molecular weight is 194 g/mol. The van der Waals surface area contributed by atoms with Crippen LogP contribution in [0.5, 0.6) is 0 Å². The third-order valence-electron chi connectivity index (χ3n) is 3.02. The quantitative estimate of drug-likeness (QED) is 0.625. The maximum absolute atomic E-state index is 11.5. The molecule has 0 N–H and O–H groups in total. The smallest absolute Gasteiger partial charge is 0.333 e. The van der Waals surface area contributed by atoms with Gasteiger partial charge in [0.2, 0.25) is 0 Å². The van der Waals surface area contributed by atoms with Crippen molar-refractivity contribution in [3.05, 3.63) is 11.6 Å². The number of hydrogen-bond donors (Lipinski definition) is 0. The fourth-order valence-electron chi connectivity index (χ4n) is 2.28. The summed E-state index contributed by atoms with van der Waals surface area (Å²) in [5.41, 5.74) is 0.739. The number of hydrogen-bond acceptors (Lipinski definition) is 3. The van der Waals surface area contributed by atoms with E-state index in [1.165, 1.54) is 0 Å². The highest BCUT2D eigenvalue weighted by Crippen LogP contribution is 2.38. The second-order valence-corrected chi connectivity index (χ2v) is 3.89. The molecule has 76 valence electrons. The van der Waals surface area contributed by atoms with E-state index in [2.05, 4.69) is 0 Å². The summed E-state index contributed by atoms with van der Waals surface area (Å²) < 4.78 is 4.95. The highest BCUT2D eigenvalue weighted by molar-refractivity contribution is 5.95. The molecule has 0 aliphatic heterocycles. The summed E-state index contributed by atoms with van der Waals surface area (Å²) in [5, 5.41) is 0. The average Bonchev–Trinajstić information content (AvgIpc) is 2.18. The van der Waals surface area contributed by atoms with Crippen LogP contribution in [-0.2, 0) is 14.3 Å².